The van der Waals surface area contributed by atoms with E-state index in [0.29, 0.717) is 5.92 Å². The highest BCUT2D eigenvalue weighted by molar-refractivity contribution is 8.00. The molecule has 4 heteroatoms. The van der Waals surface area contributed by atoms with Crippen LogP contribution in [0.2, 0.25) is 0 Å². The van der Waals surface area contributed by atoms with E-state index in [0.717, 1.165) is 25.3 Å². The van der Waals surface area contributed by atoms with Crippen molar-refractivity contribution in [1.29, 1.82) is 0 Å². The smallest absolute Gasteiger partial charge is 0.233 e. The fourth-order valence-electron chi connectivity index (χ4n) is 1.76. The van der Waals surface area contributed by atoms with E-state index in [4.69, 9.17) is 0 Å². The molecule has 1 rings (SSSR count). The summed E-state index contributed by atoms with van der Waals surface area (Å²) in [7, 11) is 1.94. The molecule has 0 aromatic carbocycles. The zero-order chi connectivity index (χ0) is 11.1. The Hall–Kier alpha value is -0.220. The molecule has 1 aliphatic rings. The lowest BCUT2D eigenvalue weighted by Gasteiger charge is -2.21. The summed E-state index contributed by atoms with van der Waals surface area (Å²) in [5.41, 5.74) is 0. The minimum Gasteiger partial charge on any atom is -0.355 e. The van der Waals surface area contributed by atoms with E-state index in [-0.39, 0.29) is 11.2 Å². The van der Waals surface area contributed by atoms with Gasteiger partial charge in [0.2, 0.25) is 5.91 Å². The number of hydrogen-bond acceptors (Lipinski definition) is 3. The van der Waals surface area contributed by atoms with Crippen LogP contribution >= 0.6 is 11.8 Å². The van der Waals surface area contributed by atoms with Crippen molar-refractivity contribution in [2.24, 2.45) is 5.92 Å². The van der Waals surface area contributed by atoms with Crippen LogP contribution in [0.3, 0.4) is 0 Å². The van der Waals surface area contributed by atoms with Crippen LogP contribution in [0.5, 0.6) is 0 Å². The molecule has 0 aliphatic carbocycles. The highest BCUT2D eigenvalue weighted by atomic mass is 32.2. The van der Waals surface area contributed by atoms with E-state index < -0.39 is 0 Å². The lowest BCUT2D eigenvalue weighted by molar-refractivity contribution is -0.120. The molecule has 0 radical (unpaired) electrons. The molecule has 2 atom stereocenters. The molecule has 3 nitrogen and oxygen atoms in total. The van der Waals surface area contributed by atoms with Crippen LogP contribution in [0.1, 0.15) is 26.2 Å². The fraction of sp³-hybridized carbons (Fsp3) is 0.909. The van der Waals surface area contributed by atoms with Crippen molar-refractivity contribution in [2.45, 2.75) is 31.4 Å². The molecule has 1 amide bonds. The quantitative estimate of drug-likeness (QED) is 0.747. The molecule has 0 aromatic heterocycles. The van der Waals surface area contributed by atoms with Crippen molar-refractivity contribution in [3.05, 3.63) is 0 Å². The van der Waals surface area contributed by atoms with Gasteiger partial charge in [-0.25, -0.2) is 0 Å². The van der Waals surface area contributed by atoms with Crippen molar-refractivity contribution in [3.8, 4) is 0 Å². The summed E-state index contributed by atoms with van der Waals surface area (Å²) in [6.45, 7) is 3.89. The Morgan fingerprint density at radius 1 is 1.47 bits per heavy atom. The van der Waals surface area contributed by atoms with Crippen molar-refractivity contribution in [1.82, 2.24) is 10.6 Å². The molecule has 0 aromatic rings. The maximum Gasteiger partial charge on any atom is 0.233 e. The van der Waals surface area contributed by atoms with Gasteiger partial charge in [-0.05, 0) is 38.1 Å². The summed E-state index contributed by atoms with van der Waals surface area (Å²) in [6, 6.07) is 0. The molecule has 1 saturated heterocycles. The van der Waals surface area contributed by atoms with Gasteiger partial charge < -0.3 is 10.6 Å². The third-order valence-electron chi connectivity index (χ3n) is 2.65. The Bertz CT molecular complexity index is 193. The molecule has 0 spiro atoms. The normalized spacial score (nSPS) is 23.5. The van der Waals surface area contributed by atoms with E-state index in [1.807, 2.05) is 18.8 Å². The van der Waals surface area contributed by atoms with Gasteiger partial charge in [-0.1, -0.05) is 13.3 Å². The average Bonchev–Trinajstić information content (AvgIpc) is 2.27. The molecular weight excluding hydrogens is 208 g/mol. The molecular formula is C11H22N2OS. The van der Waals surface area contributed by atoms with Gasteiger partial charge in [-0.3, -0.25) is 4.79 Å². The summed E-state index contributed by atoms with van der Waals surface area (Å²) in [5, 5.41) is 6.36. The Morgan fingerprint density at radius 3 is 2.87 bits per heavy atom. The predicted molar refractivity (Wildman–Crippen MR) is 66.2 cm³/mol. The highest BCUT2D eigenvalue weighted by Gasteiger charge is 2.21. The molecule has 0 saturated carbocycles. The SMILES string of the molecule is CNCC(C)CNC(=O)C1CCCCS1. The topological polar surface area (TPSA) is 41.1 Å². The third kappa shape index (κ3) is 4.89. The van der Waals surface area contributed by atoms with Crippen LogP contribution in [-0.2, 0) is 4.79 Å². The van der Waals surface area contributed by atoms with Crippen molar-refractivity contribution in [2.75, 3.05) is 25.9 Å². The number of thioether (sulfide) groups is 1. The molecule has 2 N–H and O–H groups in total. The second-order valence-corrected chi connectivity index (χ2v) is 5.57. The summed E-state index contributed by atoms with van der Waals surface area (Å²) < 4.78 is 0. The summed E-state index contributed by atoms with van der Waals surface area (Å²) >= 11 is 1.81. The van der Waals surface area contributed by atoms with Crippen LogP contribution in [0, 0.1) is 5.92 Å². The van der Waals surface area contributed by atoms with Crippen LogP contribution < -0.4 is 10.6 Å². The molecule has 2 unspecified atom stereocenters. The maximum absolute atomic E-state index is 11.8. The summed E-state index contributed by atoms with van der Waals surface area (Å²) in [5.74, 6) is 1.89. The Kier molecular flexibility index (Phi) is 6.10. The zero-order valence-electron chi connectivity index (χ0n) is 9.71. The van der Waals surface area contributed by atoms with E-state index in [9.17, 15) is 4.79 Å². The first-order valence-corrected chi connectivity index (χ1v) is 6.83. The first-order chi connectivity index (χ1) is 7.24. The highest BCUT2D eigenvalue weighted by Crippen LogP contribution is 2.24. The molecule has 15 heavy (non-hydrogen) atoms. The summed E-state index contributed by atoms with van der Waals surface area (Å²) in [6.07, 6.45) is 3.53. The zero-order valence-corrected chi connectivity index (χ0v) is 10.5. The Labute approximate surface area is 96.8 Å². The van der Waals surface area contributed by atoms with E-state index in [1.54, 1.807) is 0 Å². The number of carbonyl (C=O) groups is 1. The Morgan fingerprint density at radius 2 is 2.27 bits per heavy atom. The molecule has 0 bridgehead atoms. The van der Waals surface area contributed by atoms with Crippen molar-refractivity contribution >= 4 is 17.7 Å². The van der Waals surface area contributed by atoms with Crippen molar-refractivity contribution in [3.63, 3.8) is 0 Å². The van der Waals surface area contributed by atoms with Crippen LogP contribution in [-0.4, -0.2) is 37.0 Å². The second-order valence-electron chi connectivity index (χ2n) is 4.26. The standard InChI is InChI=1S/C11H22N2OS/c1-9(7-12-2)8-13-11(14)10-5-3-4-6-15-10/h9-10,12H,3-8H2,1-2H3,(H,13,14). The van der Waals surface area contributed by atoms with Gasteiger partial charge in [0.15, 0.2) is 0 Å². The van der Waals surface area contributed by atoms with Gasteiger partial charge in [-0.2, -0.15) is 0 Å². The van der Waals surface area contributed by atoms with E-state index in [1.165, 1.54) is 12.8 Å². The van der Waals surface area contributed by atoms with Gasteiger partial charge >= 0.3 is 0 Å². The molecule has 1 fully saturated rings. The summed E-state index contributed by atoms with van der Waals surface area (Å²) in [4.78, 5) is 11.8. The average molecular weight is 230 g/mol. The van der Waals surface area contributed by atoms with E-state index >= 15 is 0 Å². The number of nitrogens with one attached hydrogen (secondary N) is 2. The molecule has 1 heterocycles. The largest absolute Gasteiger partial charge is 0.355 e. The van der Waals surface area contributed by atoms with Gasteiger partial charge in [0.05, 0.1) is 5.25 Å². The molecule has 1 aliphatic heterocycles. The Balaban J connectivity index is 2.16. The second kappa shape index (κ2) is 7.12. The number of rotatable bonds is 5. The molecule has 88 valence electrons. The van der Waals surface area contributed by atoms with E-state index in [2.05, 4.69) is 17.6 Å². The van der Waals surface area contributed by atoms with Crippen LogP contribution in [0.15, 0.2) is 0 Å². The first kappa shape index (κ1) is 12.8. The van der Waals surface area contributed by atoms with Gasteiger partial charge in [0.25, 0.3) is 0 Å². The fourth-order valence-corrected chi connectivity index (χ4v) is 2.98. The predicted octanol–water partition coefficient (Wildman–Crippen LogP) is 1.24. The monoisotopic (exact) mass is 230 g/mol. The maximum atomic E-state index is 11.8. The van der Waals surface area contributed by atoms with Crippen LogP contribution in [0.4, 0.5) is 0 Å². The van der Waals surface area contributed by atoms with Gasteiger partial charge in [0.1, 0.15) is 0 Å². The lowest BCUT2D eigenvalue weighted by Crippen LogP contribution is -2.38. The van der Waals surface area contributed by atoms with Gasteiger partial charge in [0, 0.05) is 6.54 Å². The number of carbonyl (C=O) groups excluding carboxylic acids is 1. The van der Waals surface area contributed by atoms with Crippen LogP contribution in [0.25, 0.3) is 0 Å². The minimum absolute atomic E-state index is 0.209. The third-order valence-corrected chi connectivity index (χ3v) is 4.03. The minimum atomic E-state index is 0.209. The van der Waals surface area contributed by atoms with Crippen molar-refractivity contribution < 1.29 is 4.79 Å². The first-order valence-electron chi connectivity index (χ1n) is 5.78. The lowest BCUT2D eigenvalue weighted by atomic mass is 10.1. The number of hydrogen-bond donors (Lipinski definition) is 2. The number of amides is 1. The van der Waals surface area contributed by atoms with Gasteiger partial charge in [-0.15, -0.1) is 11.8 Å².